The van der Waals surface area contributed by atoms with Crippen LogP contribution in [0.5, 0.6) is 0 Å². The van der Waals surface area contributed by atoms with Crippen molar-refractivity contribution in [2.45, 2.75) is 30.8 Å². The van der Waals surface area contributed by atoms with E-state index in [1.54, 1.807) is 5.38 Å². The summed E-state index contributed by atoms with van der Waals surface area (Å²) in [5, 5.41) is 2.21. The number of aromatic nitrogens is 1. The van der Waals surface area contributed by atoms with E-state index in [-0.39, 0.29) is 6.61 Å². The fraction of sp³-hybridized carbons (Fsp3) is 0.583. The van der Waals surface area contributed by atoms with Gasteiger partial charge in [0.1, 0.15) is 11.0 Å². The molecule has 16 heteroatoms. The van der Waals surface area contributed by atoms with Crippen LogP contribution in [0.4, 0.5) is 13.6 Å². The van der Waals surface area contributed by atoms with Crippen molar-refractivity contribution in [3.63, 3.8) is 0 Å². The van der Waals surface area contributed by atoms with Gasteiger partial charge in [-0.05, 0) is 0 Å². The van der Waals surface area contributed by atoms with Gasteiger partial charge in [-0.3, -0.25) is 14.2 Å². The monoisotopic (exact) mass is 445 g/mol. The molecule has 0 bridgehead atoms. The number of thiazole rings is 1. The molecule has 0 spiro atoms. The van der Waals surface area contributed by atoms with Crippen molar-refractivity contribution in [3.8, 4) is 0 Å². The Hall–Kier alpha value is -1.98. The zero-order valence-electron chi connectivity index (χ0n) is 14.1. The highest BCUT2D eigenvalue weighted by molar-refractivity contribution is 7.80. The molecule has 158 valence electrons. The zero-order valence-corrected chi connectivity index (χ0v) is 15.7. The van der Waals surface area contributed by atoms with Crippen molar-refractivity contribution >= 4 is 33.7 Å². The Balaban J connectivity index is 1.96. The summed E-state index contributed by atoms with van der Waals surface area (Å²) in [6.45, 7) is -0.787. The largest absolute Gasteiger partial charge is 0.418 e. The summed E-state index contributed by atoms with van der Waals surface area (Å²) in [6, 6.07) is -3.67. The SMILES string of the molecule is NC(CONC(=O)[C@@H]1CC(F)(F)CCN1C(=O)NOS(=O)(=O)O)c1nccs1. The van der Waals surface area contributed by atoms with Crippen molar-refractivity contribution in [1.29, 1.82) is 0 Å². The fourth-order valence-electron chi connectivity index (χ4n) is 2.32. The topological polar surface area (TPSA) is 173 Å². The zero-order chi connectivity index (χ0) is 20.9. The van der Waals surface area contributed by atoms with E-state index in [4.69, 9.17) is 15.1 Å². The van der Waals surface area contributed by atoms with Crippen LogP contribution < -0.4 is 16.7 Å². The van der Waals surface area contributed by atoms with Crippen molar-refractivity contribution in [2.75, 3.05) is 13.2 Å². The van der Waals surface area contributed by atoms with Gasteiger partial charge in [0.05, 0.1) is 12.6 Å². The quantitative estimate of drug-likeness (QED) is 0.325. The molecule has 3 amide bonds. The van der Waals surface area contributed by atoms with Gasteiger partial charge in [0, 0.05) is 31.0 Å². The highest BCUT2D eigenvalue weighted by Crippen LogP contribution is 2.32. The minimum Gasteiger partial charge on any atom is -0.320 e. The second kappa shape index (κ2) is 9.01. The third-order valence-corrected chi connectivity index (χ3v) is 4.79. The normalized spacial score (nSPS) is 20.4. The number of carbonyl (C=O) groups excluding carboxylic acids is 2. The Morgan fingerprint density at radius 1 is 1.50 bits per heavy atom. The van der Waals surface area contributed by atoms with Crippen LogP contribution >= 0.6 is 11.3 Å². The molecule has 1 fully saturated rings. The summed E-state index contributed by atoms with van der Waals surface area (Å²) in [6.07, 6.45) is -0.264. The predicted molar refractivity (Wildman–Crippen MR) is 89.0 cm³/mol. The number of halogens is 2. The lowest BCUT2D eigenvalue weighted by molar-refractivity contribution is -0.147. The highest BCUT2D eigenvalue weighted by Gasteiger charge is 2.45. The van der Waals surface area contributed by atoms with Crippen LogP contribution in [0.25, 0.3) is 0 Å². The number of urea groups is 1. The molecule has 1 aromatic heterocycles. The Bertz CT molecular complexity index is 792. The summed E-state index contributed by atoms with van der Waals surface area (Å²) < 4.78 is 60.5. The number of nitrogens with two attached hydrogens (primary N) is 1. The van der Waals surface area contributed by atoms with E-state index in [0.717, 1.165) is 0 Å². The van der Waals surface area contributed by atoms with Crippen molar-refractivity contribution in [2.24, 2.45) is 5.73 Å². The second-order valence-corrected chi connectivity index (χ2v) is 7.64. The smallest absolute Gasteiger partial charge is 0.320 e. The van der Waals surface area contributed by atoms with E-state index >= 15 is 0 Å². The van der Waals surface area contributed by atoms with Gasteiger partial charge in [0.25, 0.3) is 11.8 Å². The number of piperidine rings is 1. The number of alkyl halides is 2. The molecular weight excluding hydrogens is 428 g/mol. The minimum atomic E-state index is -5.01. The van der Waals surface area contributed by atoms with Crippen molar-refractivity contribution in [3.05, 3.63) is 16.6 Å². The summed E-state index contributed by atoms with van der Waals surface area (Å²) in [5.41, 5.74) is 9.07. The summed E-state index contributed by atoms with van der Waals surface area (Å²) in [7, 11) is -5.01. The van der Waals surface area contributed by atoms with Gasteiger partial charge in [-0.1, -0.05) is 0 Å². The van der Waals surface area contributed by atoms with E-state index in [0.29, 0.717) is 9.91 Å². The average molecular weight is 445 g/mol. The molecule has 1 unspecified atom stereocenters. The first-order chi connectivity index (χ1) is 13.0. The molecular formula is C12H17F2N5O7S2. The van der Waals surface area contributed by atoms with Gasteiger partial charge in [-0.15, -0.1) is 15.6 Å². The molecule has 1 aromatic rings. The molecule has 2 rings (SSSR count). The Morgan fingerprint density at radius 3 is 2.82 bits per heavy atom. The molecule has 0 radical (unpaired) electrons. The maximum Gasteiger partial charge on any atom is 0.418 e. The number of hydroxylamine groups is 2. The maximum atomic E-state index is 13.7. The minimum absolute atomic E-state index is 0.208. The lowest BCUT2D eigenvalue weighted by Gasteiger charge is -2.37. The van der Waals surface area contributed by atoms with Gasteiger partial charge >= 0.3 is 16.4 Å². The molecule has 28 heavy (non-hydrogen) atoms. The van der Waals surface area contributed by atoms with Crippen LogP contribution in [0.3, 0.4) is 0 Å². The number of nitrogens with one attached hydrogen (secondary N) is 2. The number of rotatable bonds is 7. The average Bonchev–Trinajstić information content (AvgIpc) is 3.12. The van der Waals surface area contributed by atoms with E-state index in [1.165, 1.54) is 23.0 Å². The van der Waals surface area contributed by atoms with Crippen molar-refractivity contribution < 1.29 is 40.5 Å². The number of hydrogen-bond donors (Lipinski definition) is 4. The first-order valence-corrected chi connectivity index (χ1v) is 9.90. The van der Waals surface area contributed by atoms with Gasteiger partial charge < -0.3 is 10.6 Å². The van der Waals surface area contributed by atoms with Crippen LogP contribution in [0.15, 0.2) is 11.6 Å². The Morgan fingerprint density at radius 2 is 2.21 bits per heavy atom. The van der Waals surface area contributed by atoms with Crippen molar-refractivity contribution in [1.82, 2.24) is 20.8 Å². The summed E-state index contributed by atoms with van der Waals surface area (Å²) in [5.74, 6) is -4.31. The maximum absolute atomic E-state index is 13.7. The first kappa shape index (κ1) is 22.3. The van der Waals surface area contributed by atoms with Gasteiger partial charge in [0.15, 0.2) is 0 Å². The molecule has 1 aliphatic heterocycles. The van der Waals surface area contributed by atoms with Crippen LogP contribution in [0.2, 0.25) is 0 Å². The second-order valence-electron chi connectivity index (χ2n) is 5.69. The molecule has 12 nitrogen and oxygen atoms in total. The third-order valence-electron chi connectivity index (χ3n) is 3.59. The molecule has 2 atom stereocenters. The Labute approximate surface area is 161 Å². The van der Waals surface area contributed by atoms with Gasteiger partial charge in [-0.2, -0.15) is 13.9 Å². The molecule has 0 aliphatic carbocycles. The third kappa shape index (κ3) is 6.57. The molecule has 0 aromatic carbocycles. The van der Waals surface area contributed by atoms with Crippen LogP contribution in [0.1, 0.15) is 23.9 Å². The predicted octanol–water partition coefficient (Wildman–Crippen LogP) is -0.266. The highest BCUT2D eigenvalue weighted by atomic mass is 32.3. The number of likely N-dealkylation sites (tertiary alicyclic amines) is 1. The fourth-order valence-corrected chi connectivity index (χ4v) is 3.12. The summed E-state index contributed by atoms with van der Waals surface area (Å²) in [4.78, 5) is 33.6. The number of carbonyl (C=O) groups is 2. The number of amides is 3. The molecule has 0 saturated carbocycles. The lowest BCUT2D eigenvalue weighted by Crippen LogP contribution is -2.58. The molecule has 1 saturated heterocycles. The standard InChI is InChI=1S/C12H17F2N5O7S2/c13-12(14)1-3-19(11(21)18-26-28(22,23)24)8(5-12)9(20)17-25-6-7(15)10-16-2-4-27-10/h2,4,7-8H,1,3,5-6,15H2,(H,17,20)(H,18,21)(H,22,23,24)/t7?,8-/m0/s1. The lowest BCUT2D eigenvalue weighted by atomic mass is 9.98. The van der Waals surface area contributed by atoms with Crippen LogP contribution in [-0.4, -0.2) is 59.9 Å². The molecule has 1 aliphatic rings. The van der Waals surface area contributed by atoms with Crippen LogP contribution in [0, 0.1) is 0 Å². The van der Waals surface area contributed by atoms with Crippen LogP contribution in [-0.2, 0) is 24.3 Å². The van der Waals surface area contributed by atoms with Gasteiger partial charge in [0.2, 0.25) is 0 Å². The molecule has 5 N–H and O–H groups in total. The first-order valence-electron chi connectivity index (χ1n) is 7.65. The number of nitrogens with zero attached hydrogens (tertiary/aromatic N) is 2. The van der Waals surface area contributed by atoms with E-state index in [1.807, 2.05) is 5.48 Å². The van der Waals surface area contributed by atoms with E-state index < -0.39 is 59.7 Å². The van der Waals surface area contributed by atoms with Gasteiger partial charge in [-0.25, -0.2) is 24.0 Å². The molecule has 2 heterocycles. The number of hydrogen-bond acceptors (Lipinski definition) is 9. The van der Waals surface area contributed by atoms with E-state index in [9.17, 15) is 26.8 Å². The summed E-state index contributed by atoms with van der Waals surface area (Å²) >= 11 is 1.26. The Kier molecular flexibility index (Phi) is 7.18. The van der Waals surface area contributed by atoms with E-state index in [2.05, 4.69) is 9.27 Å².